The number of phenolic OH excluding ortho intramolecular Hbond substituents is 1. The second-order valence-electron chi connectivity index (χ2n) is 6.49. The monoisotopic (exact) mass is 360 g/mol. The summed E-state index contributed by atoms with van der Waals surface area (Å²) < 4.78 is 18.3. The summed E-state index contributed by atoms with van der Waals surface area (Å²) in [5.41, 5.74) is 4.50. The van der Waals surface area contributed by atoms with Crippen molar-refractivity contribution in [2.45, 2.75) is 13.8 Å². The van der Waals surface area contributed by atoms with E-state index in [0.717, 1.165) is 33.9 Å². The van der Waals surface area contributed by atoms with Crippen LogP contribution in [0.4, 0.5) is 4.39 Å². The highest BCUT2D eigenvalue weighted by molar-refractivity contribution is 5.97. The summed E-state index contributed by atoms with van der Waals surface area (Å²) in [5, 5.41) is 24.7. The Hall–Kier alpha value is -3.59. The zero-order valence-electron chi connectivity index (χ0n) is 15.2. The van der Waals surface area contributed by atoms with Crippen LogP contribution in [-0.2, 0) is 7.05 Å². The molecule has 6 heteroatoms. The lowest BCUT2D eigenvalue weighted by Gasteiger charge is -2.13. The number of nitrogens with zero attached hydrogens (tertiary/aromatic N) is 4. The molecule has 4 aromatic rings. The highest BCUT2D eigenvalue weighted by atomic mass is 19.1. The van der Waals surface area contributed by atoms with E-state index in [1.165, 1.54) is 12.1 Å². The van der Waals surface area contributed by atoms with Crippen molar-refractivity contribution in [2.75, 3.05) is 0 Å². The second-order valence-corrected chi connectivity index (χ2v) is 6.49. The molecular weight excluding hydrogens is 343 g/mol. The van der Waals surface area contributed by atoms with Gasteiger partial charge in [0.15, 0.2) is 5.82 Å². The van der Waals surface area contributed by atoms with Gasteiger partial charge in [0.25, 0.3) is 0 Å². The van der Waals surface area contributed by atoms with Gasteiger partial charge in [-0.25, -0.2) is 4.39 Å². The maximum atomic E-state index is 14.8. The molecule has 5 nitrogen and oxygen atoms in total. The van der Waals surface area contributed by atoms with Gasteiger partial charge >= 0.3 is 0 Å². The molecule has 2 aromatic carbocycles. The van der Waals surface area contributed by atoms with Gasteiger partial charge in [-0.1, -0.05) is 18.2 Å². The minimum absolute atomic E-state index is 0.150. The third-order valence-corrected chi connectivity index (χ3v) is 4.90. The van der Waals surface area contributed by atoms with Crippen molar-refractivity contribution in [1.29, 1.82) is 5.26 Å². The molecule has 0 amide bonds. The van der Waals surface area contributed by atoms with E-state index in [0.29, 0.717) is 11.3 Å². The molecule has 0 aliphatic carbocycles. The molecule has 0 saturated carbocycles. The average Bonchev–Trinajstić information content (AvgIpc) is 3.08. The Labute approximate surface area is 155 Å². The van der Waals surface area contributed by atoms with E-state index in [-0.39, 0.29) is 11.4 Å². The highest BCUT2D eigenvalue weighted by Crippen LogP contribution is 2.39. The topological polar surface area (TPSA) is 66.8 Å². The van der Waals surface area contributed by atoms with Crippen molar-refractivity contribution in [1.82, 2.24) is 14.3 Å². The fraction of sp³-hybridized carbons (Fsp3) is 0.143. The van der Waals surface area contributed by atoms with Gasteiger partial charge in [-0.15, -0.1) is 0 Å². The van der Waals surface area contributed by atoms with Crippen LogP contribution in [0.25, 0.3) is 27.8 Å². The van der Waals surface area contributed by atoms with Crippen LogP contribution in [0.15, 0.2) is 42.5 Å². The number of phenols is 1. The first-order valence-corrected chi connectivity index (χ1v) is 8.47. The van der Waals surface area contributed by atoms with Crippen LogP contribution >= 0.6 is 0 Å². The number of benzene rings is 2. The van der Waals surface area contributed by atoms with E-state index in [4.69, 9.17) is 0 Å². The van der Waals surface area contributed by atoms with Crippen LogP contribution in [0.3, 0.4) is 0 Å². The van der Waals surface area contributed by atoms with Crippen molar-refractivity contribution in [2.24, 2.45) is 7.05 Å². The quantitative estimate of drug-likeness (QED) is 0.577. The zero-order valence-corrected chi connectivity index (χ0v) is 15.2. The lowest BCUT2D eigenvalue weighted by molar-refractivity contribution is 0.468. The Bertz CT molecular complexity index is 1240. The molecule has 2 aromatic heterocycles. The molecule has 0 spiro atoms. The van der Waals surface area contributed by atoms with Gasteiger partial charge in [-0.3, -0.25) is 4.68 Å². The predicted octanol–water partition coefficient (Wildman–Crippen LogP) is 4.36. The van der Waals surface area contributed by atoms with E-state index in [1.807, 2.05) is 45.2 Å². The molecule has 0 fully saturated rings. The van der Waals surface area contributed by atoms with Gasteiger partial charge in [0.2, 0.25) is 0 Å². The Morgan fingerprint density at radius 1 is 1.15 bits per heavy atom. The van der Waals surface area contributed by atoms with Crippen LogP contribution < -0.4 is 0 Å². The summed E-state index contributed by atoms with van der Waals surface area (Å²) in [5.74, 6) is -0.718. The minimum Gasteiger partial charge on any atom is -0.508 e. The van der Waals surface area contributed by atoms with Crippen molar-refractivity contribution in [3.8, 4) is 28.8 Å². The fourth-order valence-electron chi connectivity index (χ4n) is 3.63. The van der Waals surface area contributed by atoms with Gasteiger partial charge in [-0.2, -0.15) is 10.4 Å². The number of hydrogen-bond acceptors (Lipinski definition) is 3. The maximum Gasteiger partial charge on any atom is 0.150 e. The van der Waals surface area contributed by atoms with Crippen molar-refractivity contribution in [3.63, 3.8) is 0 Å². The first kappa shape index (κ1) is 16.9. The molecule has 0 atom stereocenters. The number of rotatable bonds is 2. The summed E-state index contributed by atoms with van der Waals surface area (Å²) >= 11 is 0. The van der Waals surface area contributed by atoms with Gasteiger partial charge in [0.05, 0.1) is 28.2 Å². The first-order valence-electron chi connectivity index (χ1n) is 8.47. The summed E-state index contributed by atoms with van der Waals surface area (Å²) in [4.78, 5) is 0. The molecule has 0 radical (unpaired) electrons. The number of aryl methyl sites for hydroxylation is 2. The van der Waals surface area contributed by atoms with Crippen LogP contribution in [0.5, 0.6) is 5.75 Å². The summed E-state index contributed by atoms with van der Waals surface area (Å²) in [6.07, 6.45) is 0. The molecule has 0 bridgehead atoms. The molecule has 134 valence electrons. The maximum absolute atomic E-state index is 14.8. The number of aromatic nitrogens is 3. The summed E-state index contributed by atoms with van der Waals surface area (Å²) in [6, 6.07) is 13.7. The minimum atomic E-state index is -0.569. The Kier molecular flexibility index (Phi) is 3.74. The summed E-state index contributed by atoms with van der Waals surface area (Å²) in [6.45, 7) is 3.80. The van der Waals surface area contributed by atoms with Gasteiger partial charge in [0.1, 0.15) is 11.8 Å². The lowest BCUT2D eigenvalue weighted by Crippen LogP contribution is -2.02. The normalized spacial score (nSPS) is 11.1. The van der Waals surface area contributed by atoms with Crippen LogP contribution in [0, 0.1) is 31.0 Å². The molecule has 4 rings (SSSR count). The number of halogens is 1. The number of nitriles is 1. The Morgan fingerprint density at radius 3 is 2.52 bits per heavy atom. The van der Waals surface area contributed by atoms with Crippen LogP contribution in [0.2, 0.25) is 0 Å². The molecule has 2 heterocycles. The average molecular weight is 360 g/mol. The predicted molar refractivity (Wildman–Crippen MR) is 101 cm³/mol. The Balaban J connectivity index is 2.23. The SMILES string of the molecule is Cc1nn(C)c(C)c1-c1c(C#N)c2ccccc2n1-c1ccc(O)cc1F. The van der Waals surface area contributed by atoms with E-state index in [2.05, 4.69) is 11.2 Å². The van der Waals surface area contributed by atoms with Crippen LogP contribution in [0.1, 0.15) is 17.0 Å². The largest absolute Gasteiger partial charge is 0.508 e. The Morgan fingerprint density at radius 2 is 1.89 bits per heavy atom. The molecule has 0 aliphatic heterocycles. The van der Waals surface area contributed by atoms with Crippen LogP contribution in [-0.4, -0.2) is 19.5 Å². The van der Waals surface area contributed by atoms with Gasteiger partial charge in [-0.05, 0) is 32.0 Å². The standard InChI is InChI=1S/C21H17FN4O/c1-12-20(13(2)25(3)24-12)21-16(11-23)15-6-4-5-7-18(15)26(21)19-9-8-14(27)10-17(19)22/h4-10,27H,1-3H3. The van der Waals surface area contributed by atoms with E-state index in [9.17, 15) is 14.8 Å². The number of aromatic hydroxyl groups is 1. The zero-order chi connectivity index (χ0) is 19.3. The third kappa shape index (κ3) is 2.40. The van der Waals surface area contributed by atoms with E-state index < -0.39 is 5.82 Å². The number of fused-ring (bicyclic) bond motifs is 1. The third-order valence-electron chi connectivity index (χ3n) is 4.90. The van der Waals surface area contributed by atoms with E-state index in [1.54, 1.807) is 9.25 Å². The molecular formula is C21H17FN4O. The first-order chi connectivity index (χ1) is 12.9. The second kappa shape index (κ2) is 5.99. The number of para-hydroxylation sites is 1. The smallest absolute Gasteiger partial charge is 0.150 e. The van der Waals surface area contributed by atoms with Crippen molar-refractivity contribution < 1.29 is 9.50 Å². The fourth-order valence-corrected chi connectivity index (χ4v) is 3.63. The van der Waals surface area contributed by atoms with Gasteiger partial charge < -0.3 is 9.67 Å². The molecule has 0 aliphatic rings. The molecule has 0 saturated heterocycles. The summed E-state index contributed by atoms with van der Waals surface area (Å²) in [7, 11) is 1.84. The lowest BCUT2D eigenvalue weighted by atomic mass is 10.0. The highest BCUT2D eigenvalue weighted by Gasteiger charge is 2.25. The molecule has 0 unspecified atom stereocenters. The van der Waals surface area contributed by atoms with Crippen molar-refractivity contribution in [3.05, 3.63) is 65.2 Å². The molecule has 1 N–H and O–H groups in total. The molecule has 27 heavy (non-hydrogen) atoms. The van der Waals surface area contributed by atoms with Crippen molar-refractivity contribution >= 4 is 10.9 Å². The van der Waals surface area contributed by atoms with Gasteiger partial charge in [0, 0.05) is 29.8 Å². The van der Waals surface area contributed by atoms with E-state index >= 15 is 0 Å². The number of hydrogen-bond donors (Lipinski definition) is 1.